The summed E-state index contributed by atoms with van der Waals surface area (Å²) >= 11 is 0. The molecular weight excluding hydrogens is 230 g/mol. The van der Waals surface area contributed by atoms with Crippen LogP contribution in [0.4, 0.5) is 0 Å². The van der Waals surface area contributed by atoms with Gasteiger partial charge in [0.1, 0.15) is 0 Å². The van der Waals surface area contributed by atoms with Gasteiger partial charge in [-0.15, -0.1) is 0 Å². The Morgan fingerprint density at radius 3 is 2.56 bits per heavy atom. The highest BCUT2D eigenvalue weighted by Gasteiger charge is 2.20. The fraction of sp³-hybridized carbons (Fsp3) is 0.429. The Morgan fingerprint density at radius 1 is 1.39 bits per heavy atom. The summed E-state index contributed by atoms with van der Waals surface area (Å²) in [6.45, 7) is 2.52. The molecule has 0 aliphatic carbocycles. The van der Waals surface area contributed by atoms with Crippen LogP contribution < -0.4 is 0 Å². The lowest BCUT2D eigenvalue weighted by Gasteiger charge is -2.19. The Balaban J connectivity index is 2.53. The highest BCUT2D eigenvalue weighted by molar-refractivity contribution is 5.70. The summed E-state index contributed by atoms with van der Waals surface area (Å²) in [6, 6.07) is 9.74. The largest absolute Gasteiger partial charge is 0.481 e. The minimum absolute atomic E-state index is 0.224. The first kappa shape index (κ1) is 14.2. The van der Waals surface area contributed by atoms with Crippen molar-refractivity contribution in [2.75, 3.05) is 13.1 Å². The molecule has 0 aliphatic rings. The molecule has 0 aromatic heterocycles. The van der Waals surface area contributed by atoms with Crippen LogP contribution in [0.5, 0.6) is 0 Å². The maximum Gasteiger partial charge on any atom is 0.312 e. The van der Waals surface area contributed by atoms with Gasteiger partial charge >= 0.3 is 12.4 Å². The van der Waals surface area contributed by atoms with E-state index >= 15 is 0 Å². The van der Waals surface area contributed by atoms with Crippen LogP contribution in [0.1, 0.15) is 18.9 Å². The average molecular weight is 248 g/mol. The van der Waals surface area contributed by atoms with Gasteiger partial charge in [-0.05, 0) is 25.3 Å². The molecule has 1 amide bonds. The van der Waals surface area contributed by atoms with Crippen LogP contribution in [-0.2, 0) is 16.0 Å². The van der Waals surface area contributed by atoms with Crippen molar-refractivity contribution in [1.29, 1.82) is 0 Å². The molecule has 18 heavy (non-hydrogen) atoms. The molecule has 1 aromatic rings. The van der Waals surface area contributed by atoms with Crippen molar-refractivity contribution < 1.29 is 14.7 Å². The summed E-state index contributed by atoms with van der Waals surface area (Å²) in [5.74, 6) is -1.40. The molecule has 4 nitrogen and oxygen atoms in total. The van der Waals surface area contributed by atoms with Crippen LogP contribution in [0.15, 0.2) is 30.3 Å². The molecule has 1 radical (unpaired) electrons. The standard InChI is InChI=1S/C14H18NO3/c1-2-15(11-16)10-13(14(17)18)9-8-12-6-4-3-5-7-12/h3-7,13H,2,8-10H2,1H3,(H,17,18). The summed E-state index contributed by atoms with van der Waals surface area (Å²) in [4.78, 5) is 23.1. The van der Waals surface area contributed by atoms with Crippen LogP contribution in [-0.4, -0.2) is 35.5 Å². The molecule has 1 atom stereocenters. The number of carbonyl (C=O) groups excluding carboxylic acids is 1. The van der Waals surface area contributed by atoms with Gasteiger partial charge in [-0.25, -0.2) is 0 Å². The zero-order valence-electron chi connectivity index (χ0n) is 10.5. The van der Waals surface area contributed by atoms with Crippen LogP contribution >= 0.6 is 0 Å². The number of aryl methyl sites for hydroxylation is 1. The number of aliphatic carboxylic acids is 1. The number of carbonyl (C=O) groups is 1. The SMILES string of the molecule is CCN([C]=O)CC(CCc1ccccc1)C(=O)O. The molecule has 1 N–H and O–H groups in total. The molecule has 0 heterocycles. The number of hydrogen-bond acceptors (Lipinski definition) is 2. The van der Waals surface area contributed by atoms with E-state index in [0.717, 1.165) is 5.56 Å². The van der Waals surface area contributed by atoms with E-state index in [0.29, 0.717) is 19.4 Å². The molecule has 0 saturated carbocycles. The Kier molecular flexibility index (Phi) is 5.91. The monoisotopic (exact) mass is 248 g/mol. The third kappa shape index (κ3) is 4.57. The minimum atomic E-state index is -0.861. The van der Waals surface area contributed by atoms with E-state index in [1.807, 2.05) is 30.3 Å². The smallest absolute Gasteiger partial charge is 0.312 e. The quantitative estimate of drug-likeness (QED) is 0.712. The van der Waals surface area contributed by atoms with Gasteiger partial charge in [-0.2, -0.15) is 0 Å². The highest BCUT2D eigenvalue weighted by atomic mass is 16.4. The number of carboxylic acid groups (broad SMARTS) is 1. The van der Waals surface area contributed by atoms with Gasteiger partial charge in [0.2, 0.25) is 0 Å². The van der Waals surface area contributed by atoms with Crippen molar-refractivity contribution in [2.45, 2.75) is 19.8 Å². The average Bonchev–Trinajstić information content (AvgIpc) is 2.40. The highest BCUT2D eigenvalue weighted by Crippen LogP contribution is 2.11. The fourth-order valence-electron chi connectivity index (χ4n) is 1.78. The third-order valence-electron chi connectivity index (χ3n) is 2.93. The van der Waals surface area contributed by atoms with E-state index in [9.17, 15) is 9.59 Å². The van der Waals surface area contributed by atoms with Gasteiger partial charge in [0, 0.05) is 13.1 Å². The number of amides is 1. The number of hydrogen-bond donors (Lipinski definition) is 1. The molecule has 97 valence electrons. The second-order valence-electron chi connectivity index (χ2n) is 4.19. The van der Waals surface area contributed by atoms with Gasteiger partial charge in [0.25, 0.3) is 0 Å². The molecule has 0 spiro atoms. The zero-order valence-corrected chi connectivity index (χ0v) is 10.5. The molecule has 0 saturated heterocycles. The first-order valence-corrected chi connectivity index (χ1v) is 6.06. The lowest BCUT2D eigenvalue weighted by atomic mass is 9.99. The van der Waals surface area contributed by atoms with Gasteiger partial charge in [-0.1, -0.05) is 30.3 Å². The third-order valence-corrected chi connectivity index (χ3v) is 2.93. The van der Waals surface area contributed by atoms with Crippen molar-refractivity contribution in [3.63, 3.8) is 0 Å². The van der Waals surface area contributed by atoms with E-state index in [4.69, 9.17) is 5.11 Å². The second kappa shape index (κ2) is 7.48. The summed E-state index contributed by atoms with van der Waals surface area (Å²) in [6.07, 6.45) is 2.98. The topological polar surface area (TPSA) is 57.6 Å². The van der Waals surface area contributed by atoms with E-state index in [1.54, 1.807) is 13.3 Å². The number of rotatable bonds is 8. The van der Waals surface area contributed by atoms with E-state index in [2.05, 4.69) is 0 Å². The first-order chi connectivity index (χ1) is 8.67. The van der Waals surface area contributed by atoms with Gasteiger partial charge in [-0.3, -0.25) is 9.59 Å². The maximum atomic E-state index is 11.1. The van der Waals surface area contributed by atoms with Crippen molar-refractivity contribution in [3.8, 4) is 0 Å². The Bertz CT molecular complexity index is 378. The summed E-state index contributed by atoms with van der Waals surface area (Å²) in [5.41, 5.74) is 1.11. The van der Waals surface area contributed by atoms with E-state index in [-0.39, 0.29) is 6.54 Å². The molecule has 0 aliphatic heterocycles. The van der Waals surface area contributed by atoms with Crippen LogP contribution in [0.2, 0.25) is 0 Å². The van der Waals surface area contributed by atoms with Gasteiger partial charge in [0.15, 0.2) is 0 Å². The van der Waals surface area contributed by atoms with E-state index in [1.165, 1.54) is 4.90 Å². The van der Waals surface area contributed by atoms with Crippen LogP contribution in [0, 0.1) is 5.92 Å². The molecule has 0 bridgehead atoms. The van der Waals surface area contributed by atoms with Crippen molar-refractivity contribution in [2.24, 2.45) is 5.92 Å². The van der Waals surface area contributed by atoms with E-state index < -0.39 is 11.9 Å². The number of benzene rings is 1. The van der Waals surface area contributed by atoms with Crippen LogP contribution in [0.25, 0.3) is 0 Å². The van der Waals surface area contributed by atoms with Crippen molar-refractivity contribution in [3.05, 3.63) is 35.9 Å². The van der Waals surface area contributed by atoms with Crippen LogP contribution in [0.3, 0.4) is 0 Å². The normalized spacial score (nSPS) is 11.8. The molecule has 4 heteroatoms. The first-order valence-electron chi connectivity index (χ1n) is 6.06. The fourth-order valence-corrected chi connectivity index (χ4v) is 1.78. The molecule has 1 aromatic carbocycles. The summed E-state index contributed by atoms with van der Waals surface area (Å²) < 4.78 is 0. The predicted molar refractivity (Wildman–Crippen MR) is 68.8 cm³/mol. The predicted octanol–water partition coefficient (Wildman–Crippen LogP) is 1.71. The lowest BCUT2D eigenvalue weighted by molar-refractivity contribution is -0.142. The number of carboxylic acids is 1. The zero-order chi connectivity index (χ0) is 13.4. The minimum Gasteiger partial charge on any atom is -0.481 e. The van der Waals surface area contributed by atoms with Gasteiger partial charge < -0.3 is 10.0 Å². The Labute approximate surface area is 107 Å². The molecule has 1 unspecified atom stereocenters. The van der Waals surface area contributed by atoms with Crippen molar-refractivity contribution >= 4 is 12.4 Å². The summed E-state index contributed by atoms with van der Waals surface area (Å²) in [7, 11) is 0. The Hall–Kier alpha value is -1.84. The number of nitrogens with zero attached hydrogens (tertiary/aromatic N) is 1. The molecule has 0 fully saturated rings. The van der Waals surface area contributed by atoms with Crippen molar-refractivity contribution in [1.82, 2.24) is 4.90 Å². The maximum absolute atomic E-state index is 11.1. The van der Waals surface area contributed by atoms with Gasteiger partial charge in [0.05, 0.1) is 5.92 Å². The Morgan fingerprint density at radius 2 is 2.06 bits per heavy atom. The second-order valence-corrected chi connectivity index (χ2v) is 4.19. The molecule has 1 rings (SSSR count). The summed E-state index contributed by atoms with van der Waals surface area (Å²) in [5, 5.41) is 9.13. The molecular formula is C14H18NO3. The lowest BCUT2D eigenvalue weighted by Crippen LogP contribution is -2.32.